The van der Waals surface area contributed by atoms with Gasteiger partial charge in [-0.1, -0.05) is 0 Å². The number of rotatable bonds is 3. The van der Waals surface area contributed by atoms with Crippen LogP contribution < -0.4 is 10.1 Å². The highest BCUT2D eigenvalue weighted by Gasteiger charge is 2.23. The molecule has 3 rings (SSSR count). The monoisotopic (exact) mass is 258 g/mol. The second-order valence-corrected chi connectivity index (χ2v) is 4.82. The number of benzene rings is 1. The van der Waals surface area contributed by atoms with E-state index in [0.29, 0.717) is 5.92 Å². The molecule has 0 amide bonds. The van der Waals surface area contributed by atoms with Gasteiger partial charge in [-0.15, -0.1) is 0 Å². The van der Waals surface area contributed by atoms with E-state index in [2.05, 4.69) is 15.4 Å². The van der Waals surface area contributed by atoms with E-state index in [4.69, 9.17) is 4.74 Å². The third-order valence-electron chi connectivity index (χ3n) is 3.48. The minimum absolute atomic E-state index is 0.448. The molecule has 0 spiro atoms. The molecule has 1 N–H and O–H groups in total. The molecule has 100 valence electrons. The van der Waals surface area contributed by atoms with Crippen molar-refractivity contribution in [1.29, 1.82) is 0 Å². The van der Waals surface area contributed by atoms with Gasteiger partial charge in [0.25, 0.3) is 0 Å². The van der Waals surface area contributed by atoms with Gasteiger partial charge < -0.3 is 10.1 Å². The molecule has 5 nitrogen and oxygen atoms in total. The molecule has 2 aromatic rings. The Morgan fingerprint density at radius 1 is 1.32 bits per heavy atom. The molecule has 2 heterocycles. The topological polar surface area (TPSA) is 52.0 Å². The fourth-order valence-corrected chi connectivity index (χ4v) is 2.48. The standard InChI is InChI=1S/C14H18N4O/c1-10-16-14(11-7-8-15-9-11)18(17-10)12-3-5-13(19-2)6-4-12/h3-6,11,15H,7-9H2,1-2H3. The third-order valence-corrected chi connectivity index (χ3v) is 3.48. The van der Waals surface area contributed by atoms with Crippen molar-refractivity contribution in [3.05, 3.63) is 35.9 Å². The Bertz CT molecular complexity index is 555. The number of hydrogen-bond donors (Lipinski definition) is 1. The Labute approximate surface area is 112 Å². The van der Waals surface area contributed by atoms with E-state index in [1.807, 2.05) is 35.9 Å². The summed E-state index contributed by atoms with van der Waals surface area (Å²) in [6.45, 7) is 3.97. The SMILES string of the molecule is COc1ccc(-n2nc(C)nc2C2CCNC2)cc1. The number of hydrogen-bond acceptors (Lipinski definition) is 4. The van der Waals surface area contributed by atoms with Gasteiger partial charge in [0.15, 0.2) is 0 Å². The Hall–Kier alpha value is -1.88. The fourth-order valence-electron chi connectivity index (χ4n) is 2.48. The van der Waals surface area contributed by atoms with Crippen LogP contribution in [0.3, 0.4) is 0 Å². The van der Waals surface area contributed by atoms with E-state index in [-0.39, 0.29) is 0 Å². The van der Waals surface area contributed by atoms with Crippen LogP contribution in [0.1, 0.15) is 24.0 Å². The van der Waals surface area contributed by atoms with Gasteiger partial charge in [-0.25, -0.2) is 9.67 Å². The molecular weight excluding hydrogens is 240 g/mol. The van der Waals surface area contributed by atoms with Crippen molar-refractivity contribution in [3.63, 3.8) is 0 Å². The third kappa shape index (κ3) is 2.33. The van der Waals surface area contributed by atoms with Crippen LogP contribution in [0.2, 0.25) is 0 Å². The first-order chi connectivity index (χ1) is 9.28. The molecule has 1 aromatic heterocycles. The van der Waals surface area contributed by atoms with E-state index in [0.717, 1.165) is 42.6 Å². The van der Waals surface area contributed by atoms with E-state index < -0.39 is 0 Å². The molecule has 19 heavy (non-hydrogen) atoms. The molecule has 5 heteroatoms. The molecule has 0 aliphatic carbocycles. The first-order valence-corrected chi connectivity index (χ1v) is 6.56. The maximum absolute atomic E-state index is 5.18. The molecule has 0 bridgehead atoms. The van der Waals surface area contributed by atoms with Gasteiger partial charge in [0.05, 0.1) is 12.8 Å². The maximum atomic E-state index is 5.18. The van der Waals surface area contributed by atoms with Crippen LogP contribution >= 0.6 is 0 Å². The number of aromatic nitrogens is 3. The summed E-state index contributed by atoms with van der Waals surface area (Å²) in [4.78, 5) is 4.59. The average molecular weight is 258 g/mol. The Balaban J connectivity index is 1.98. The first kappa shape index (κ1) is 12.2. The van der Waals surface area contributed by atoms with Crippen LogP contribution in [-0.2, 0) is 0 Å². The van der Waals surface area contributed by atoms with Crippen molar-refractivity contribution in [2.24, 2.45) is 0 Å². The van der Waals surface area contributed by atoms with Gasteiger partial charge in [-0.2, -0.15) is 5.10 Å². The molecule has 0 saturated carbocycles. The van der Waals surface area contributed by atoms with Crippen molar-refractivity contribution in [1.82, 2.24) is 20.1 Å². The highest BCUT2D eigenvalue weighted by molar-refractivity contribution is 5.37. The molecule has 1 atom stereocenters. The summed E-state index contributed by atoms with van der Waals surface area (Å²) in [5.41, 5.74) is 1.03. The number of nitrogens with zero attached hydrogens (tertiary/aromatic N) is 3. The maximum Gasteiger partial charge on any atom is 0.148 e. The van der Waals surface area contributed by atoms with Gasteiger partial charge in [0, 0.05) is 12.5 Å². The predicted molar refractivity (Wildman–Crippen MR) is 72.9 cm³/mol. The second kappa shape index (κ2) is 5.01. The summed E-state index contributed by atoms with van der Waals surface area (Å²) in [6.07, 6.45) is 1.12. The zero-order valence-electron chi connectivity index (χ0n) is 11.3. The van der Waals surface area contributed by atoms with Gasteiger partial charge in [0.2, 0.25) is 0 Å². The molecular formula is C14H18N4O. The molecule has 1 aliphatic rings. The molecule has 1 saturated heterocycles. The van der Waals surface area contributed by atoms with Crippen LogP contribution in [0.25, 0.3) is 5.69 Å². The molecule has 1 unspecified atom stereocenters. The van der Waals surface area contributed by atoms with Gasteiger partial charge in [-0.3, -0.25) is 0 Å². The molecule has 1 aliphatic heterocycles. The minimum atomic E-state index is 0.448. The number of ether oxygens (including phenoxy) is 1. The Morgan fingerprint density at radius 2 is 2.11 bits per heavy atom. The van der Waals surface area contributed by atoms with E-state index in [1.165, 1.54) is 0 Å². The number of nitrogens with one attached hydrogen (secondary N) is 1. The molecule has 1 aromatic carbocycles. The Kier molecular flexibility index (Phi) is 3.21. The summed E-state index contributed by atoms with van der Waals surface area (Å²) >= 11 is 0. The second-order valence-electron chi connectivity index (χ2n) is 4.82. The molecule has 1 fully saturated rings. The van der Waals surface area contributed by atoms with Crippen LogP contribution in [0.15, 0.2) is 24.3 Å². The highest BCUT2D eigenvalue weighted by Crippen LogP contribution is 2.24. The van der Waals surface area contributed by atoms with Crippen LogP contribution in [-0.4, -0.2) is 35.0 Å². The van der Waals surface area contributed by atoms with Gasteiger partial charge >= 0.3 is 0 Å². The lowest BCUT2D eigenvalue weighted by Crippen LogP contribution is -2.12. The zero-order chi connectivity index (χ0) is 13.2. The average Bonchev–Trinajstić information content (AvgIpc) is 3.07. The summed E-state index contributed by atoms with van der Waals surface area (Å²) < 4.78 is 7.14. The van der Waals surface area contributed by atoms with E-state index >= 15 is 0 Å². The van der Waals surface area contributed by atoms with Crippen molar-refractivity contribution in [2.45, 2.75) is 19.3 Å². The van der Waals surface area contributed by atoms with Crippen molar-refractivity contribution in [3.8, 4) is 11.4 Å². The fraction of sp³-hybridized carbons (Fsp3) is 0.429. The highest BCUT2D eigenvalue weighted by atomic mass is 16.5. The van der Waals surface area contributed by atoms with Crippen LogP contribution in [0, 0.1) is 6.92 Å². The van der Waals surface area contributed by atoms with Gasteiger partial charge in [0.1, 0.15) is 17.4 Å². The van der Waals surface area contributed by atoms with Crippen LogP contribution in [0.4, 0.5) is 0 Å². The van der Waals surface area contributed by atoms with E-state index in [1.54, 1.807) is 7.11 Å². The van der Waals surface area contributed by atoms with Crippen molar-refractivity contribution < 1.29 is 4.74 Å². The minimum Gasteiger partial charge on any atom is -0.497 e. The Morgan fingerprint density at radius 3 is 2.74 bits per heavy atom. The van der Waals surface area contributed by atoms with Crippen LogP contribution in [0.5, 0.6) is 5.75 Å². The van der Waals surface area contributed by atoms with Crippen molar-refractivity contribution in [2.75, 3.05) is 20.2 Å². The zero-order valence-corrected chi connectivity index (χ0v) is 11.3. The van der Waals surface area contributed by atoms with Gasteiger partial charge in [-0.05, 0) is 44.2 Å². The summed E-state index contributed by atoms with van der Waals surface area (Å²) in [6, 6.07) is 7.92. The predicted octanol–water partition coefficient (Wildman–Crippen LogP) is 1.66. The smallest absolute Gasteiger partial charge is 0.148 e. The first-order valence-electron chi connectivity index (χ1n) is 6.56. The lowest BCUT2D eigenvalue weighted by molar-refractivity contribution is 0.414. The number of aryl methyl sites for hydroxylation is 1. The number of methoxy groups -OCH3 is 1. The summed E-state index contributed by atoms with van der Waals surface area (Å²) in [7, 11) is 1.67. The normalized spacial score (nSPS) is 18.7. The largest absolute Gasteiger partial charge is 0.497 e. The summed E-state index contributed by atoms with van der Waals surface area (Å²) in [5, 5.41) is 7.89. The lowest BCUT2D eigenvalue weighted by atomic mass is 10.1. The lowest BCUT2D eigenvalue weighted by Gasteiger charge is -2.10. The summed E-state index contributed by atoms with van der Waals surface area (Å²) in [5.74, 6) is 3.17. The quantitative estimate of drug-likeness (QED) is 0.909. The molecule has 0 radical (unpaired) electrons. The van der Waals surface area contributed by atoms with Crippen molar-refractivity contribution >= 4 is 0 Å². The van der Waals surface area contributed by atoms with E-state index in [9.17, 15) is 0 Å².